The molecule has 27 heavy (non-hydrogen) atoms. The van der Waals surface area contributed by atoms with Gasteiger partial charge in [-0.2, -0.15) is 0 Å². The minimum atomic E-state index is -3.32. The van der Waals surface area contributed by atoms with Crippen LogP contribution in [0, 0.1) is 5.92 Å². The second-order valence-electron chi connectivity index (χ2n) is 7.37. The zero-order valence-corrected chi connectivity index (χ0v) is 16.3. The topological polar surface area (TPSA) is 96.6 Å². The Morgan fingerprint density at radius 1 is 1.26 bits per heavy atom. The lowest BCUT2D eigenvalue weighted by molar-refractivity contribution is -0.122. The predicted molar refractivity (Wildman–Crippen MR) is 101 cm³/mol. The highest BCUT2D eigenvalue weighted by molar-refractivity contribution is 7.92. The number of rotatable bonds is 8. The van der Waals surface area contributed by atoms with Crippen molar-refractivity contribution in [3.63, 3.8) is 0 Å². The fourth-order valence-electron chi connectivity index (χ4n) is 3.07. The molecular formula is C20H25NO5S. The van der Waals surface area contributed by atoms with Gasteiger partial charge in [0, 0.05) is 0 Å². The van der Waals surface area contributed by atoms with Crippen molar-refractivity contribution in [1.82, 2.24) is 5.32 Å². The molecule has 1 aromatic heterocycles. The minimum absolute atomic E-state index is 0.0871. The summed E-state index contributed by atoms with van der Waals surface area (Å²) < 4.78 is 29.6. The fraction of sp³-hybridized carbons (Fsp3) is 0.450. The van der Waals surface area contributed by atoms with Crippen molar-refractivity contribution < 1.29 is 22.7 Å². The van der Waals surface area contributed by atoms with Gasteiger partial charge >= 0.3 is 0 Å². The first kappa shape index (κ1) is 19.6. The summed E-state index contributed by atoms with van der Waals surface area (Å²) in [6.45, 7) is 3.36. The molecule has 2 aromatic rings. The molecule has 0 radical (unpaired) electrons. The molecule has 0 aliphatic heterocycles. The van der Waals surface area contributed by atoms with E-state index in [1.54, 1.807) is 38.1 Å². The van der Waals surface area contributed by atoms with Crippen LogP contribution in [0.25, 0.3) is 0 Å². The molecule has 1 aromatic carbocycles. The Hall–Kier alpha value is -2.12. The van der Waals surface area contributed by atoms with Crippen molar-refractivity contribution in [3.05, 3.63) is 54.0 Å². The maximum atomic E-state index is 12.3. The molecular weight excluding hydrogens is 366 g/mol. The van der Waals surface area contributed by atoms with Crippen LogP contribution in [0.2, 0.25) is 0 Å². The molecule has 1 heterocycles. The number of amides is 1. The highest BCUT2D eigenvalue weighted by Gasteiger charge is 2.47. The monoisotopic (exact) mass is 391 g/mol. The van der Waals surface area contributed by atoms with Gasteiger partial charge in [-0.1, -0.05) is 12.1 Å². The first-order chi connectivity index (χ1) is 12.7. The molecule has 146 valence electrons. The smallest absolute Gasteiger partial charge is 0.224 e. The normalized spacial score (nSPS) is 16.9. The first-order valence-electron chi connectivity index (χ1n) is 9.09. The third-order valence-corrected chi connectivity index (χ3v) is 7.16. The molecule has 1 amide bonds. The van der Waals surface area contributed by atoms with Gasteiger partial charge in [0.2, 0.25) is 5.91 Å². The van der Waals surface area contributed by atoms with Gasteiger partial charge in [-0.05, 0) is 62.4 Å². The fourth-order valence-corrected chi connectivity index (χ4v) is 4.13. The van der Waals surface area contributed by atoms with Gasteiger partial charge < -0.3 is 14.8 Å². The van der Waals surface area contributed by atoms with Gasteiger partial charge in [0.1, 0.15) is 11.4 Å². The summed E-state index contributed by atoms with van der Waals surface area (Å²) in [4.78, 5) is 12.5. The Kier molecular flexibility index (Phi) is 5.44. The van der Waals surface area contributed by atoms with E-state index in [9.17, 15) is 18.3 Å². The lowest BCUT2D eigenvalue weighted by Gasteiger charge is -2.26. The van der Waals surface area contributed by atoms with E-state index in [1.807, 2.05) is 0 Å². The lowest BCUT2D eigenvalue weighted by Crippen LogP contribution is -2.42. The summed E-state index contributed by atoms with van der Waals surface area (Å²) in [5.74, 6) is 0.318. The second kappa shape index (κ2) is 7.48. The molecule has 2 N–H and O–H groups in total. The number of nitrogens with one attached hydrogen (secondary N) is 1. The Bertz CT molecular complexity index is 883. The Balaban J connectivity index is 1.61. The summed E-state index contributed by atoms with van der Waals surface area (Å²) in [5, 5.41) is 13.2. The molecule has 0 unspecified atom stereocenters. The van der Waals surface area contributed by atoms with E-state index in [4.69, 9.17) is 4.42 Å². The van der Waals surface area contributed by atoms with Gasteiger partial charge in [-0.25, -0.2) is 8.42 Å². The van der Waals surface area contributed by atoms with Crippen molar-refractivity contribution in [2.24, 2.45) is 5.92 Å². The van der Waals surface area contributed by atoms with E-state index >= 15 is 0 Å². The van der Waals surface area contributed by atoms with Crippen LogP contribution in [0.4, 0.5) is 0 Å². The number of hydrogen-bond acceptors (Lipinski definition) is 5. The standard InChI is InChI=1S/C20H25NO5S/c1-14(2)27(24,25)17-9-5-15(6-10-17)12-19(22)21-13-20(23,16-7-8-16)18-4-3-11-26-18/h3-6,9-11,14,16,23H,7-8,12-13H2,1-2H3,(H,21,22)/t20-/m1/s1. The van der Waals surface area contributed by atoms with E-state index in [0.717, 1.165) is 12.8 Å². The van der Waals surface area contributed by atoms with Crippen molar-refractivity contribution in [3.8, 4) is 0 Å². The van der Waals surface area contributed by atoms with Crippen molar-refractivity contribution >= 4 is 15.7 Å². The number of aliphatic hydroxyl groups is 1. The van der Waals surface area contributed by atoms with Gasteiger partial charge in [0.05, 0.1) is 29.4 Å². The molecule has 0 spiro atoms. The molecule has 6 nitrogen and oxygen atoms in total. The average Bonchev–Trinajstić information content (AvgIpc) is 3.35. The van der Waals surface area contributed by atoms with Crippen LogP contribution in [0.1, 0.15) is 38.0 Å². The molecule has 1 fully saturated rings. The Morgan fingerprint density at radius 2 is 1.93 bits per heavy atom. The van der Waals surface area contributed by atoms with E-state index in [1.165, 1.54) is 18.4 Å². The van der Waals surface area contributed by atoms with Crippen LogP contribution in [0.3, 0.4) is 0 Å². The van der Waals surface area contributed by atoms with Crippen LogP contribution >= 0.6 is 0 Å². The molecule has 7 heteroatoms. The van der Waals surface area contributed by atoms with Gasteiger partial charge in [0.25, 0.3) is 0 Å². The van der Waals surface area contributed by atoms with Crippen LogP contribution in [-0.2, 0) is 26.7 Å². The minimum Gasteiger partial charge on any atom is -0.466 e. The second-order valence-corrected chi connectivity index (χ2v) is 9.87. The molecule has 0 bridgehead atoms. The van der Waals surface area contributed by atoms with Crippen LogP contribution in [-0.4, -0.2) is 31.2 Å². The highest BCUT2D eigenvalue weighted by atomic mass is 32.2. The summed E-state index contributed by atoms with van der Waals surface area (Å²) in [6, 6.07) is 9.79. The van der Waals surface area contributed by atoms with Crippen LogP contribution in [0.5, 0.6) is 0 Å². The molecule has 1 atom stereocenters. The molecule has 3 rings (SSSR count). The number of carbonyl (C=O) groups excluding carboxylic acids is 1. The maximum absolute atomic E-state index is 12.3. The van der Waals surface area contributed by atoms with E-state index < -0.39 is 20.7 Å². The average molecular weight is 391 g/mol. The van der Waals surface area contributed by atoms with E-state index in [0.29, 0.717) is 11.3 Å². The molecule has 1 saturated carbocycles. The van der Waals surface area contributed by atoms with E-state index in [-0.39, 0.29) is 29.7 Å². The summed E-state index contributed by atoms with van der Waals surface area (Å²) in [5.41, 5.74) is -0.475. The number of carbonyl (C=O) groups is 1. The van der Waals surface area contributed by atoms with Gasteiger partial charge in [-0.3, -0.25) is 4.79 Å². The van der Waals surface area contributed by atoms with Crippen LogP contribution < -0.4 is 5.32 Å². The van der Waals surface area contributed by atoms with Gasteiger partial charge in [-0.15, -0.1) is 0 Å². The SMILES string of the molecule is CC(C)S(=O)(=O)c1ccc(CC(=O)NC[C@](O)(c2ccco2)C2CC2)cc1. The third-order valence-electron chi connectivity index (χ3n) is 4.99. The lowest BCUT2D eigenvalue weighted by atomic mass is 9.94. The predicted octanol–water partition coefficient (Wildman–Crippen LogP) is 2.42. The number of furan rings is 1. The molecule has 1 aliphatic carbocycles. The quantitative estimate of drug-likeness (QED) is 0.720. The molecule has 1 aliphatic rings. The summed E-state index contributed by atoms with van der Waals surface area (Å²) in [6.07, 6.45) is 3.43. The van der Waals surface area contributed by atoms with Crippen LogP contribution in [0.15, 0.2) is 52.0 Å². The zero-order valence-electron chi connectivity index (χ0n) is 15.5. The Labute approximate surface area is 159 Å². The molecule has 0 saturated heterocycles. The number of benzene rings is 1. The number of hydrogen-bond donors (Lipinski definition) is 2. The van der Waals surface area contributed by atoms with E-state index in [2.05, 4.69) is 5.32 Å². The van der Waals surface area contributed by atoms with Crippen molar-refractivity contribution in [2.75, 3.05) is 6.54 Å². The van der Waals surface area contributed by atoms with Crippen molar-refractivity contribution in [1.29, 1.82) is 0 Å². The van der Waals surface area contributed by atoms with Gasteiger partial charge in [0.15, 0.2) is 9.84 Å². The summed E-state index contributed by atoms with van der Waals surface area (Å²) in [7, 11) is -3.32. The maximum Gasteiger partial charge on any atom is 0.224 e. The van der Waals surface area contributed by atoms with Crippen molar-refractivity contribution in [2.45, 2.75) is 48.9 Å². The first-order valence-corrected chi connectivity index (χ1v) is 10.6. The summed E-state index contributed by atoms with van der Waals surface area (Å²) >= 11 is 0. The number of sulfone groups is 1. The highest BCUT2D eigenvalue weighted by Crippen LogP contribution is 2.45. The largest absolute Gasteiger partial charge is 0.466 e. The third kappa shape index (κ3) is 4.25. The zero-order chi connectivity index (χ0) is 19.7. The Morgan fingerprint density at radius 3 is 2.44 bits per heavy atom.